The number of carbonyl (C=O) groups is 2. The van der Waals surface area contributed by atoms with Gasteiger partial charge < -0.3 is 10.1 Å². The fourth-order valence-electron chi connectivity index (χ4n) is 2.64. The maximum Gasteiger partial charge on any atom is 0.310 e. The fourth-order valence-corrected chi connectivity index (χ4v) is 2.82. The average molecular weight is 358 g/mol. The van der Waals surface area contributed by atoms with Crippen molar-refractivity contribution in [2.75, 3.05) is 5.32 Å². The van der Waals surface area contributed by atoms with Crippen LogP contribution in [0.5, 0.6) is 0 Å². The molecule has 5 heteroatoms. The molecular formula is C20H20ClNO3. The fraction of sp³-hybridized carbons (Fsp3) is 0.300. The Kier molecular flexibility index (Phi) is 5.39. The van der Waals surface area contributed by atoms with E-state index in [0.29, 0.717) is 16.3 Å². The molecule has 3 rings (SSSR count). The number of nitrogens with one attached hydrogen (secondary N) is 1. The largest absolute Gasteiger partial charge is 0.447 e. The molecule has 25 heavy (non-hydrogen) atoms. The van der Waals surface area contributed by atoms with Crippen molar-refractivity contribution in [3.05, 3.63) is 64.7 Å². The number of hydrogen-bond acceptors (Lipinski definition) is 3. The van der Waals surface area contributed by atoms with E-state index in [1.54, 1.807) is 24.3 Å². The van der Waals surface area contributed by atoms with Gasteiger partial charge in [-0.15, -0.1) is 0 Å². The lowest BCUT2D eigenvalue weighted by Gasteiger charge is -2.26. The molecule has 0 aliphatic heterocycles. The minimum absolute atomic E-state index is 0.0900. The van der Waals surface area contributed by atoms with Crippen LogP contribution in [0, 0.1) is 12.8 Å². The molecular weight excluding hydrogens is 338 g/mol. The number of anilines is 1. The number of carbonyl (C=O) groups excluding carboxylic acids is 2. The van der Waals surface area contributed by atoms with E-state index in [4.69, 9.17) is 16.3 Å². The summed E-state index contributed by atoms with van der Waals surface area (Å²) in [7, 11) is 0. The molecule has 0 saturated heterocycles. The first-order valence-corrected chi connectivity index (χ1v) is 8.75. The Morgan fingerprint density at radius 2 is 1.88 bits per heavy atom. The summed E-state index contributed by atoms with van der Waals surface area (Å²) >= 11 is 6.11. The zero-order valence-electron chi connectivity index (χ0n) is 14.0. The zero-order valence-corrected chi connectivity index (χ0v) is 14.8. The van der Waals surface area contributed by atoms with Gasteiger partial charge in [0.2, 0.25) is 6.10 Å². The third-order valence-electron chi connectivity index (χ3n) is 4.45. The van der Waals surface area contributed by atoms with Gasteiger partial charge in [-0.25, -0.2) is 0 Å². The molecule has 0 bridgehead atoms. The van der Waals surface area contributed by atoms with Crippen molar-refractivity contribution < 1.29 is 14.3 Å². The van der Waals surface area contributed by atoms with Gasteiger partial charge in [-0.05, 0) is 37.5 Å². The van der Waals surface area contributed by atoms with Crippen LogP contribution in [0.1, 0.15) is 36.5 Å². The first-order valence-electron chi connectivity index (χ1n) is 8.37. The molecule has 2 aromatic carbocycles. The van der Waals surface area contributed by atoms with E-state index in [2.05, 4.69) is 5.32 Å². The van der Waals surface area contributed by atoms with Crippen LogP contribution in [0.15, 0.2) is 48.5 Å². The monoisotopic (exact) mass is 357 g/mol. The molecule has 1 amide bonds. The number of hydrogen-bond donors (Lipinski definition) is 1. The van der Waals surface area contributed by atoms with Gasteiger partial charge in [-0.2, -0.15) is 0 Å². The van der Waals surface area contributed by atoms with Crippen molar-refractivity contribution in [1.82, 2.24) is 0 Å². The van der Waals surface area contributed by atoms with Gasteiger partial charge in [0.05, 0.1) is 5.92 Å². The molecule has 1 aliphatic rings. The van der Waals surface area contributed by atoms with Crippen LogP contribution in [-0.4, -0.2) is 11.9 Å². The van der Waals surface area contributed by atoms with Gasteiger partial charge in [-0.1, -0.05) is 54.4 Å². The summed E-state index contributed by atoms with van der Waals surface area (Å²) in [5.41, 5.74) is 2.14. The van der Waals surface area contributed by atoms with Crippen LogP contribution in [-0.2, 0) is 14.3 Å². The van der Waals surface area contributed by atoms with Crippen LogP contribution >= 0.6 is 11.6 Å². The summed E-state index contributed by atoms with van der Waals surface area (Å²) in [4.78, 5) is 25.0. The maximum absolute atomic E-state index is 12.7. The summed E-state index contributed by atoms with van der Waals surface area (Å²) in [5, 5.41) is 3.36. The number of halogens is 1. The van der Waals surface area contributed by atoms with E-state index in [0.717, 1.165) is 24.8 Å². The second-order valence-electron chi connectivity index (χ2n) is 6.31. The molecule has 0 spiro atoms. The van der Waals surface area contributed by atoms with Gasteiger partial charge in [0.15, 0.2) is 0 Å². The lowest BCUT2D eigenvalue weighted by atomic mass is 9.85. The van der Waals surface area contributed by atoms with Crippen LogP contribution in [0.3, 0.4) is 0 Å². The topological polar surface area (TPSA) is 55.4 Å². The van der Waals surface area contributed by atoms with E-state index in [1.165, 1.54) is 0 Å². The quantitative estimate of drug-likeness (QED) is 0.791. The number of rotatable bonds is 5. The van der Waals surface area contributed by atoms with Crippen LogP contribution in [0.25, 0.3) is 0 Å². The van der Waals surface area contributed by atoms with Crippen molar-refractivity contribution in [2.45, 2.75) is 32.3 Å². The predicted molar refractivity (Wildman–Crippen MR) is 97.4 cm³/mol. The van der Waals surface area contributed by atoms with Crippen LogP contribution in [0.2, 0.25) is 5.02 Å². The van der Waals surface area contributed by atoms with E-state index in [-0.39, 0.29) is 11.9 Å². The Labute approximate surface area is 152 Å². The normalized spacial score (nSPS) is 15.1. The van der Waals surface area contributed by atoms with Gasteiger partial charge in [-0.3, -0.25) is 9.59 Å². The summed E-state index contributed by atoms with van der Waals surface area (Å²) in [6.45, 7) is 1.89. The summed E-state index contributed by atoms with van der Waals surface area (Å²) in [6.07, 6.45) is 1.71. The van der Waals surface area contributed by atoms with Crippen LogP contribution in [0.4, 0.5) is 5.69 Å². The summed E-state index contributed by atoms with van der Waals surface area (Å²) < 4.78 is 5.54. The van der Waals surface area contributed by atoms with Crippen molar-refractivity contribution in [3.8, 4) is 0 Å². The Morgan fingerprint density at radius 1 is 1.16 bits per heavy atom. The van der Waals surface area contributed by atoms with E-state index >= 15 is 0 Å². The smallest absolute Gasteiger partial charge is 0.310 e. The Balaban J connectivity index is 1.78. The minimum atomic E-state index is -0.977. The highest BCUT2D eigenvalue weighted by atomic mass is 35.5. The molecule has 1 unspecified atom stereocenters. The van der Waals surface area contributed by atoms with Crippen molar-refractivity contribution in [2.24, 2.45) is 5.92 Å². The lowest BCUT2D eigenvalue weighted by Crippen LogP contribution is -2.31. The molecule has 0 radical (unpaired) electrons. The van der Waals surface area contributed by atoms with E-state index < -0.39 is 12.0 Å². The molecule has 2 aromatic rings. The number of benzene rings is 2. The first-order chi connectivity index (χ1) is 12.0. The van der Waals surface area contributed by atoms with Crippen molar-refractivity contribution in [3.63, 3.8) is 0 Å². The van der Waals surface area contributed by atoms with Gasteiger partial charge in [0.25, 0.3) is 5.91 Å². The van der Waals surface area contributed by atoms with Crippen LogP contribution < -0.4 is 5.32 Å². The highest BCUT2D eigenvalue weighted by Gasteiger charge is 2.32. The highest BCUT2D eigenvalue weighted by molar-refractivity contribution is 6.31. The molecule has 1 saturated carbocycles. The number of esters is 1. The van der Waals surface area contributed by atoms with E-state index in [9.17, 15) is 9.59 Å². The Bertz CT molecular complexity index is 772. The zero-order chi connectivity index (χ0) is 17.8. The number of aryl methyl sites for hydroxylation is 1. The third-order valence-corrected chi connectivity index (χ3v) is 4.86. The average Bonchev–Trinajstić information content (AvgIpc) is 2.55. The second-order valence-corrected chi connectivity index (χ2v) is 6.72. The SMILES string of the molecule is Cc1ccc(NC(=O)C(OC(=O)C2CCC2)c2ccccc2)cc1Cl. The molecule has 1 atom stereocenters. The van der Waals surface area contributed by atoms with Gasteiger partial charge in [0.1, 0.15) is 0 Å². The molecule has 1 N–H and O–H groups in total. The van der Waals surface area contributed by atoms with Crippen molar-refractivity contribution in [1.29, 1.82) is 0 Å². The molecule has 1 fully saturated rings. The highest BCUT2D eigenvalue weighted by Crippen LogP contribution is 2.30. The second kappa shape index (κ2) is 7.70. The lowest BCUT2D eigenvalue weighted by molar-refractivity contribution is -0.161. The first kappa shape index (κ1) is 17.5. The Morgan fingerprint density at radius 3 is 2.48 bits per heavy atom. The van der Waals surface area contributed by atoms with Gasteiger partial charge in [0, 0.05) is 16.3 Å². The Hall–Kier alpha value is -2.33. The summed E-state index contributed by atoms with van der Waals surface area (Å²) in [6, 6.07) is 14.3. The molecule has 0 aromatic heterocycles. The minimum Gasteiger partial charge on any atom is -0.447 e. The summed E-state index contributed by atoms with van der Waals surface area (Å²) in [5.74, 6) is -0.788. The van der Waals surface area contributed by atoms with Crippen molar-refractivity contribution >= 4 is 29.2 Å². The van der Waals surface area contributed by atoms with Gasteiger partial charge >= 0.3 is 5.97 Å². The predicted octanol–water partition coefficient (Wildman–Crippen LogP) is 4.67. The molecule has 130 valence electrons. The molecule has 0 heterocycles. The third kappa shape index (κ3) is 4.20. The number of amides is 1. The molecule has 4 nitrogen and oxygen atoms in total. The molecule has 1 aliphatic carbocycles. The maximum atomic E-state index is 12.7. The van der Waals surface area contributed by atoms with E-state index in [1.807, 2.05) is 31.2 Å². The standard InChI is InChI=1S/C20H20ClNO3/c1-13-10-11-16(12-17(13)21)22-19(23)18(14-6-3-2-4-7-14)25-20(24)15-8-5-9-15/h2-4,6-7,10-12,15,18H,5,8-9H2,1H3,(H,22,23). The number of ether oxygens (including phenoxy) is 1.